The predicted molar refractivity (Wildman–Crippen MR) is 156 cm³/mol. The van der Waals surface area contributed by atoms with E-state index in [0.717, 1.165) is 24.3 Å². The summed E-state index contributed by atoms with van der Waals surface area (Å²) in [5, 5.41) is 11.4. The minimum Gasteiger partial charge on any atom is -0.488 e. The smallest absolute Gasteiger partial charge is 0.175 e. The largest absolute Gasteiger partial charge is 0.488 e. The Balaban J connectivity index is 1.30. The second-order valence-electron chi connectivity index (χ2n) is 8.10. The lowest BCUT2D eigenvalue weighted by molar-refractivity contribution is 0.218. The van der Waals surface area contributed by atoms with Crippen LogP contribution in [-0.2, 0) is 0 Å². The first-order chi connectivity index (χ1) is 19.3. The number of halogens is 4. The van der Waals surface area contributed by atoms with E-state index in [1.165, 1.54) is 12.1 Å². The van der Waals surface area contributed by atoms with E-state index in [1.807, 2.05) is 0 Å². The topological polar surface area (TPSA) is 66.6 Å². The summed E-state index contributed by atoms with van der Waals surface area (Å²) in [6.45, 7) is 0.312. The molecule has 0 aliphatic rings. The Labute approximate surface area is 238 Å². The zero-order valence-corrected chi connectivity index (χ0v) is 22.3. The molecule has 0 unspecified atom stereocenters. The fourth-order valence-corrected chi connectivity index (χ4v) is 3.87. The van der Waals surface area contributed by atoms with Gasteiger partial charge < -0.3 is 30.7 Å². The van der Waals surface area contributed by atoms with Crippen LogP contribution in [0.1, 0.15) is 0 Å². The Morgan fingerprint density at radius 2 is 0.900 bits per heavy atom. The second kappa shape index (κ2) is 13.6. The van der Waals surface area contributed by atoms with Gasteiger partial charge in [0.1, 0.15) is 48.0 Å². The number of ether oxygens (including phenoxy) is 2. The van der Waals surface area contributed by atoms with Crippen LogP contribution >= 0.6 is 24.4 Å². The lowest BCUT2D eigenvalue weighted by atomic mass is 10.3. The van der Waals surface area contributed by atoms with Crippen LogP contribution in [0, 0.1) is 23.3 Å². The molecule has 0 spiro atoms. The molecule has 12 heteroatoms. The Morgan fingerprint density at radius 3 is 1.30 bits per heavy atom. The molecular formula is C28H22F4N4O2S2. The third-order valence-electron chi connectivity index (χ3n) is 5.23. The van der Waals surface area contributed by atoms with Gasteiger partial charge in [0.05, 0.1) is 22.7 Å². The number of benzene rings is 4. The van der Waals surface area contributed by atoms with Gasteiger partial charge >= 0.3 is 0 Å². The van der Waals surface area contributed by atoms with Crippen LogP contribution in [0.3, 0.4) is 0 Å². The maximum atomic E-state index is 13.9. The minimum absolute atomic E-state index is 0.0236. The molecule has 4 rings (SSSR count). The number of nitrogens with one attached hydrogen (secondary N) is 4. The van der Waals surface area contributed by atoms with Crippen molar-refractivity contribution in [2.75, 3.05) is 34.5 Å². The fraction of sp³-hybridized carbons (Fsp3) is 0.0714. The van der Waals surface area contributed by atoms with Gasteiger partial charge in [-0.05, 0) is 73.0 Å². The lowest BCUT2D eigenvalue weighted by Crippen LogP contribution is -2.21. The molecule has 0 fully saturated rings. The fourth-order valence-electron chi connectivity index (χ4n) is 3.43. The van der Waals surface area contributed by atoms with Gasteiger partial charge in [0, 0.05) is 12.1 Å². The zero-order valence-electron chi connectivity index (χ0n) is 20.6. The normalized spacial score (nSPS) is 10.4. The van der Waals surface area contributed by atoms with Crippen molar-refractivity contribution in [3.63, 3.8) is 0 Å². The van der Waals surface area contributed by atoms with Gasteiger partial charge in [0.2, 0.25) is 0 Å². The van der Waals surface area contributed by atoms with E-state index in [0.29, 0.717) is 22.9 Å². The van der Waals surface area contributed by atoms with E-state index in [4.69, 9.17) is 33.9 Å². The summed E-state index contributed by atoms with van der Waals surface area (Å²) < 4.78 is 65.8. The van der Waals surface area contributed by atoms with Crippen molar-refractivity contribution in [2.45, 2.75) is 0 Å². The lowest BCUT2D eigenvalue weighted by Gasteiger charge is -2.17. The molecular weight excluding hydrogens is 564 g/mol. The molecule has 40 heavy (non-hydrogen) atoms. The van der Waals surface area contributed by atoms with Gasteiger partial charge in [0.15, 0.2) is 10.2 Å². The highest BCUT2D eigenvalue weighted by molar-refractivity contribution is 7.81. The summed E-state index contributed by atoms with van der Waals surface area (Å²) in [5.41, 5.74) is 1.09. The van der Waals surface area contributed by atoms with Crippen LogP contribution in [0.5, 0.6) is 11.5 Å². The van der Waals surface area contributed by atoms with Gasteiger partial charge in [-0.1, -0.05) is 24.3 Å². The molecule has 4 aromatic carbocycles. The highest BCUT2D eigenvalue weighted by Gasteiger charge is 2.11. The van der Waals surface area contributed by atoms with Crippen LogP contribution in [0.4, 0.5) is 40.3 Å². The van der Waals surface area contributed by atoms with Crippen LogP contribution in [0.25, 0.3) is 0 Å². The highest BCUT2D eigenvalue weighted by atomic mass is 32.1. The molecule has 6 nitrogen and oxygen atoms in total. The molecule has 0 bridgehead atoms. The second-order valence-corrected chi connectivity index (χ2v) is 8.91. The van der Waals surface area contributed by atoms with E-state index >= 15 is 0 Å². The Hall–Kier alpha value is -4.42. The number of hydrogen-bond donors (Lipinski definition) is 4. The SMILES string of the molecule is Fc1ccc(NC(=S)Nc2ccccc2OCCOc2ccccc2NC(=S)Nc2ccc(F)cc2F)c(F)c1. The van der Waals surface area contributed by atoms with Crippen molar-refractivity contribution in [3.05, 3.63) is 108 Å². The van der Waals surface area contributed by atoms with E-state index in [-0.39, 0.29) is 34.8 Å². The van der Waals surface area contributed by atoms with Crippen molar-refractivity contribution in [3.8, 4) is 11.5 Å². The highest BCUT2D eigenvalue weighted by Crippen LogP contribution is 2.26. The standard InChI is InChI=1S/C28H22F4N4O2S2/c29-17-9-11-21(19(31)15-17)33-27(39)35-23-5-1-3-7-25(23)37-13-14-38-26-8-4-2-6-24(26)36-28(40)34-22-12-10-18(30)16-20(22)32/h1-12,15-16H,13-14H2,(H2,33,35,39)(H2,34,36,40). The van der Waals surface area contributed by atoms with E-state index in [1.54, 1.807) is 48.5 Å². The van der Waals surface area contributed by atoms with Crippen LogP contribution < -0.4 is 30.7 Å². The molecule has 0 aromatic heterocycles. The van der Waals surface area contributed by atoms with Gasteiger partial charge in [-0.15, -0.1) is 0 Å². The summed E-state index contributed by atoms with van der Waals surface area (Å²) >= 11 is 10.5. The minimum atomic E-state index is -0.778. The van der Waals surface area contributed by atoms with Crippen LogP contribution in [-0.4, -0.2) is 23.4 Å². The molecule has 0 aliphatic carbocycles. The van der Waals surface area contributed by atoms with Crippen molar-refractivity contribution in [2.24, 2.45) is 0 Å². The first-order valence-electron chi connectivity index (χ1n) is 11.8. The molecule has 0 radical (unpaired) electrons. The van der Waals surface area contributed by atoms with E-state index < -0.39 is 23.3 Å². The van der Waals surface area contributed by atoms with Crippen LogP contribution in [0.15, 0.2) is 84.9 Å². The van der Waals surface area contributed by atoms with Gasteiger partial charge in [-0.25, -0.2) is 17.6 Å². The maximum Gasteiger partial charge on any atom is 0.175 e. The summed E-state index contributed by atoms with van der Waals surface area (Å²) in [4.78, 5) is 0. The summed E-state index contributed by atoms with van der Waals surface area (Å²) in [7, 11) is 0. The average Bonchev–Trinajstić information content (AvgIpc) is 2.91. The molecule has 0 atom stereocenters. The molecule has 0 aliphatic heterocycles. The van der Waals surface area contributed by atoms with Crippen molar-refractivity contribution in [1.82, 2.24) is 0 Å². The van der Waals surface area contributed by atoms with Crippen molar-refractivity contribution < 1.29 is 27.0 Å². The first-order valence-corrected chi connectivity index (χ1v) is 12.6. The monoisotopic (exact) mass is 586 g/mol. The third-order valence-corrected chi connectivity index (χ3v) is 5.64. The van der Waals surface area contributed by atoms with Gasteiger partial charge in [-0.2, -0.15) is 0 Å². The molecule has 0 heterocycles. The third kappa shape index (κ3) is 8.04. The number of hydrogen-bond acceptors (Lipinski definition) is 4. The molecule has 0 saturated heterocycles. The van der Waals surface area contributed by atoms with E-state index in [9.17, 15) is 17.6 Å². The number of rotatable bonds is 9. The quantitative estimate of drug-likeness (QED) is 0.0925. The summed E-state index contributed by atoms with van der Waals surface area (Å²) in [6.07, 6.45) is 0. The van der Waals surface area contributed by atoms with Crippen LogP contribution in [0.2, 0.25) is 0 Å². The Morgan fingerprint density at radius 1 is 0.525 bits per heavy atom. The average molecular weight is 587 g/mol. The number of para-hydroxylation sites is 4. The molecule has 206 valence electrons. The Bertz CT molecular complexity index is 1410. The Kier molecular flexibility index (Phi) is 9.71. The number of anilines is 4. The van der Waals surface area contributed by atoms with Gasteiger partial charge in [0.25, 0.3) is 0 Å². The number of thiocarbonyl (C=S) groups is 2. The predicted octanol–water partition coefficient (Wildman–Crippen LogP) is 7.32. The maximum absolute atomic E-state index is 13.9. The summed E-state index contributed by atoms with van der Waals surface area (Å²) in [6, 6.07) is 20.2. The molecule has 4 aromatic rings. The van der Waals surface area contributed by atoms with Crippen molar-refractivity contribution in [1.29, 1.82) is 0 Å². The zero-order chi connectivity index (χ0) is 28.5. The van der Waals surface area contributed by atoms with Crippen molar-refractivity contribution >= 4 is 57.4 Å². The van der Waals surface area contributed by atoms with Gasteiger partial charge in [-0.3, -0.25) is 0 Å². The molecule has 4 N–H and O–H groups in total. The first kappa shape index (κ1) is 28.6. The van der Waals surface area contributed by atoms with E-state index in [2.05, 4.69) is 21.3 Å². The molecule has 0 saturated carbocycles. The molecule has 0 amide bonds. The summed E-state index contributed by atoms with van der Waals surface area (Å²) in [5.74, 6) is -2.01.